The van der Waals surface area contributed by atoms with Crippen molar-refractivity contribution in [2.75, 3.05) is 7.11 Å². The summed E-state index contributed by atoms with van der Waals surface area (Å²) in [5.74, 6) is 0.860. The van der Waals surface area contributed by atoms with Crippen molar-refractivity contribution in [1.29, 1.82) is 0 Å². The molecule has 0 aliphatic carbocycles. The molecule has 1 atom stereocenters. The summed E-state index contributed by atoms with van der Waals surface area (Å²) in [7, 11) is 1.68. The maximum absolute atomic E-state index is 6.15. The summed E-state index contributed by atoms with van der Waals surface area (Å²) in [6, 6.07) is 14.0. The van der Waals surface area contributed by atoms with E-state index in [1.54, 1.807) is 7.11 Å². The lowest BCUT2D eigenvalue weighted by Gasteiger charge is -2.09. The van der Waals surface area contributed by atoms with Crippen molar-refractivity contribution in [3.05, 3.63) is 65.6 Å². The molecule has 0 aliphatic heterocycles. The first-order valence-electron chi connectivity index (χ1n) is 7.03. The number of hydrogen-bond acceptors (Lipinski definition) is 3. The number of imidazole rings is 1. The number of methoxy groups -OCH3 is 1. The van der Waals surface area contributed by atoms with Crippen molar-refractivity contribution >= 4 is 5.65 Å². The number of rotatable bonds is 4. The number of nitrogens with two attached hydrogens (primary N) is 1. The van der Waals surface area contributed by atoms with E-state index in [0.717, 1.165) is 29.2 Å². The van der Waals surface area contributed by atoms with Crippen LogP contribution in [0.3, 0.4) is 0 Å². The highest BCUT2D eigenvalue weighted by Gasteiger charge is 2.15. The van der Waals surface area contributed by atoms with E-state index in [0.29, 0.717) is 0 Å². The summed E-state index contributed by atoms with van der Waals surface area (Å²) >= 11 is 0. The predicted molar refractivity (Wildman–Crippen MR) is 83.6 cm³/mol. The Hall–Kier alpha value is -2.33. The Morgan fingerprint density at radius 2 is 2.10 bits per heavy atom. The van der Waals surface area contributed by atoms with Crippen LogP contribution in [0.4, 0.5) is 0 Å². The van der Waals surface area contributed by atoms with Crippen molar-refractivity contribution in [2.45, 2.75) is 19.4 Å². The Bertz CT molecular complexity index is 762. The third-order valence-corrected chi connectivity index (χ3v) is 3.58. The van der Waals surface area contributed by atoms with Gasteiger partial charge in [-0.1, -0.05) is 18.2 Å². The lowest BCUT2D eigenvalue weighted by Crippen LogP contribution is -2.11. The molecule has 108 valence electrons. The van der Waals surface area contributed by atoms with Crippen LogP contribution in [0.5, 0.6) is 5.75 Å². The molecule has 1 unspecified atom stereocenters. The first-order chi connectivity index (χ1) is 10.2. The fourth-order valence-electron chi connectivity index (χ4n) is 2.65. The summed E-state index contributed by atoms with van der Waals surface area (Å²) in [6.07, 6.45) is 2.76. The Morgan fingerprint density at radius 1 is 1.24 bits per heavy atom. The second kappa shape index (κ2) is 5.58. The number of ether oxygens (including phenoxy) is 1. The Morgan fingerprint density at radius 3 is 2.86 bits per heavy atom. The van der Waals surface area contributed by atoms with E-state index in [2.05, 4.69) is 10.5 Å². The van der Waals surface area contributed by atoms with E-state index in [4.69, 9.17) is 15.5 Å². The molecular weight excluding hydrogens is 262 g/mol. The fourth-order valence-corrected chi connectivity index (χ4v) is 2.65. The highest BCUT2D eigenvalue weighted by atomic mass is 16.5. The van der Waals surface area contributed by atoms with Gasteiger partial charge >= 0.3 is 0 Å². The average molecular weight is 281 g/mol. The third-order valence-electron chi connectivity index (χ3n) is 3.58. The third kappa shape index (κ3) is 2.62. The van der Waals surface area contributed by atoms with Gasteiger partial charge in [0.2, 0.25) is 0 Å². The Labute approximate surface area is 124 Å². The number of hydrogen-bond donors (Lipinski definition) is 1. The number of nitrogens with zero attached hydrogens (tertiary/aromatic N) is 2. The van der Waals surface area contributed by atoms with Gasteiger partial charge in [-0.15, -0.1) is 0 Å². The summed E-state index contributed by atoms with van der Waals surface area (Å²) in [5.41, 5.74) is 10.3. The van der Waals surface area contributed by atoms with Crippen LogP contribution in [0, 0.1) is 0 Å². The van der Waals surface area contributed by atoms with Crippen LogP contribution in [-0.2, 0) is 6.42 Å². The van der Waals surface area contributed by atoms with E-state index in [-0.39, 0.29) is 6.04 Å². The molecule has 0 amide bonds. The largest absolute Gasteiger partial charge is 0.497 e. The second-order valence-electron chi connectivity index (χ2n) is 5.19. The fraction of sp³-hybridized carbons (Fsp3) is 0.235. The first-order valence-corrected chi connectivity index (χ1v) is 7.03. The lowest BCUT2D eigenvalue weighted by molar-refractivity contribution is 0.414. The molecule has 0 radical (unpaired) electrons. The van der Waals surface area contributed by atoms with Crippen LogP contribution in [0.25, 0.3) is 5.65 Å². The molecule has 3 aromatic rings. The van der Waals surface area contributed by atoms with E-state index in [9.17, 15) is 0 Å². The minimum Gasteiger partial charge on any atom is -0.497 e. The molecule has 1 aromatic carbocycles. The Balaban J connectivity index is 2.05. The highest BCUT2D eigenvalue weighted by Crippen LogP contribution is 2.22. The van der Waals surface area contributed by atoms with E-state index < -0.39 is 0 Å². The summed E-state index contributed by atoms with van der Waals surface area (Å²) in [5, 5.41) is 0. The Kier molecular flexibility index (Phi) is 3.62. The van der Waals surface area contributed by atoms with E-state index in [1.807, 2.05) is 49.5 Å². The molecule has 2 aromatic heterocycles. The molecule has 0 saturated carbocycles. The van der Waals surface area contributed by atoms with Crippen molar-refractivity contribution < 1.29 is 4.74 Å². The molecular formula is C17H19N3O. The number of aromatic nitrogens is 2. The number of benzene rings is 1. The molecule has 0 aliphatic rings. The van der Waals surface area contributed by atoms with Gasteiger partial charge in [-0.25, -0.2) is 4.98 Å². The number of fused-ring (bicyclic) bond motifs is 1. The van der Waals surface area contributed by atoms with Gasteiger partial charge in [0.05, 0.1) is 18.5 Å². The van der Waals surface area contributed by atoms with Crippen molar-refractivity contribution in [1.82, 2.24) is 9.38 Å². The van der Waals surface area contributed by atoms with Gasteiger partial charge in [-0.05, 0) is 36.8 Å². The van der Waals surface area contributed by atoms with Gasteiger partial charge in [0.25, 0.3) is 0 Å². The summed E-state index contributed by atoms with van der Waals surface area (Å²) < 4.78 is 7.35. The smallest absolute Gasteiger partial charge is 0.137 e. The number of pyridine rings is 1. The van der Waals surface area contributed by atoms with Crippen LogP contribution in [-0.4, -0.2) is 16.5 Å². The maximum Gasteiger partial charge on any atom is 0.137 e. The minimum absolute atomic E-state index is 0.0667. The van der Waals surface area contributed by atoms with Crippen LogP contribution in [0.2, 0.25) is 0 Å². The van der Waals surface area contributed by atoms with Gasteiger partial charge in [-0.3, -0.25) is 0 Å². The second-order valence-corrected chi connectivity index (χ2v) is 5.19. The molecule has 4 heteroatoms. The van der Waals surface area contributed by atoms with E-state index >= 15 is 0 Å². The first kappa shape index (κ1) is 13.6. The maximum atomic E-state index is 6.15. The summed E-state index contributed by atoms with van der Waals surface area (Å²) in [4.78, 5) is 4.73. The zero-order valence-corrected chi connectivity index (χ0v) is 12.3. The van der Waals surface area contributed by atoms with Gasteiger partial charge in [0, 0.05) is 18.7 Å². The SMILES string of the molecule is COc1cccc(Cc2nc3ccccn3c2C(C)N)c1. The molecule has 4 nitrogen and oxygen atoms in total. The normalized spacial score (nSPS) is 12.5. The van der Waals surface area contributed by atoms with Crippen molar-refractivity contribution in [3.8, 4) is 5.75 Å². The van der Waals surface area contributed by atoms with Crippen LogP contribution in [0.1, 0.15) is 29.9 Å². The highest BCUT2D eigenvalue weighted by molar-refractivity contribution is 5.45. The zero-order chi connectivity index (χ0) is 14.8. The van der Waals surface area contributed by atoms with Crippen LogP contribution in [0.15, 0.2) is 48.7 Å². The van der Waals surface area contributed by atoms with Crippen LogP contribution < -0.4 is 10.5 Å². The lowest BCUT2D eigenvalue weighted by atomic mass is 10.1. The van der Waals surface area contributed by atoms with Gasteiger partial charge in [0.15, 0.2) is 0 Å². The zero-order valence-electron chi connectivity index (χ0n) is 12.3. The van der Waals surface area contributed by atoms with E-state index in [1.165, 1.54) is 5.56 Å². The van der Waals surface area contributed by atoms with Crippen molar-refractivity contribution in [3.63, 3.8) is 0 Å². The molecule has 0 fully saturated rings. The van der Waals surface area contributed by atoms with Crippen LogP contribution >= 0.6 is 0 Å². The molecule has 2 heterocycles. The molecule has 0 spiro atoms. The molecule has 0 bridgehead atoms. The molecule has 2 N–H and O–H groups in total. The summed E-state index contributed by atoms with van der Waals surface area (Å²) in [6.45, 7) is 1.99. The van der Waals surface area contributed by atoms with Gasteiger partial charge < -0.3 is 14.9 Å². The predicted octanol–water partition coefficient (Wildman–Crippen LogP) is 2.95. The van der Waals surface area contributed by atoms with Gasteiger partial charge in [0.1, 0.15) is 11.4 Å². The van der Waals surface area contributed by atoms with Gasteiger partial charge in [-0.2, -0.15) is 0 Å². The topological polar surface area (TPSA) is 52.5 Å². The quantitative estimate of drug-likeness (QED) is 0.800. The monoisotopic (exact) mass is 281 g/mol. The average Bonchev–Trinajstić information content (AvgIpc) is 2.85. The molecule has 3 rings (SSSR count). The standard InChI is InChI=1S/C17H19N3O/c1-12(18)17-15(19-16-8-3-4-9-20(16)17)11-13-6-5-7-14(10-13)21-2/h3-10,12H,11,18H2,1-2H3. The minimum atomic E-state index is -0.0667. The molecule has 21 heavy (non-hydrogen) atoms. The molecule has 0 saturated heterocycles. The van der Waals surface area contributed by atoms with Crippen molar-refractivity contribution in [2.24, 2.45) is 5.73 Å².